The van der Waals surface area contributed by atoms with E-state index in [1.54, 1.807) is 37.4 Å². The zero-order chi connectivity index (χ0) is 66.7. The van der Waals surface area contributed by atoms with E-state index >= 15 is 0 Å². The van der Waals surface area contributed by atoms with Gasteiger partial charge in [0.2, 0.25) is 0 Å². The van der Waals surface area contributed by atoms with Crippen molar-refractivity contribution < 1.29 is 76.3 Å². The van der Waals surface area contributed by atoms with Crippen LogP contribution in [0.15, 0.2) is 0 Å². The molecule has 21 heteroatoms. The molecule has 526 valence electrons. The van der Waals surface area contributed by atoms with Gasteiger partial charge in [-0.1, -0.05) is 171 Å². The van der Waals surface area contributed by atoms with Gasteiger partial charge in [-0.15, -0.1) is 0 Å². The summed E-state index contributed by atoms with van der Waals surface area (Å²) < 4.78 is 42.8. The first kappa shape index (κ1) is 86.3. The van der Waals surface area contributed by atoms with Crippen LogP contribution in [0.3, 0.4) is 0 Å². The van der Waals surface area contributed by atoms with Gasteiger partial charge < -0.3 is 52.6 Å². The Morgan fingerprint density at radius 3 is 0.811 bits per heavy atom. The Kier molecular flexibility index (Phi) is 59.0. The first-order valence-electron chi connectivity index (χ1n) is 35.0. The molecule has 0 saturated heterocycles. The van der Waals surface area contributed by atoms with Crippen molar-refractivity contribution in [3.05, 3.63) is 0 Å². The Labute approximate surface area is 553 Å². The van der Waals surface area contributed by atoms with E-state index in [-0.39, 0.29) is 126 Å². The van der Waals surface area contributed by atoms with Gasteiger partial charge in [0.15, 0.2) is 0 Å². The number of hydrogen-bond donors (Lipinski definition) is 0. The molecule has 0 saturated carbocycles. The summed E-state index contributed by atoms with van der Waals surface area (Å²) in [7, 11) is 2.00. The average molecular weight is 1320 g/mol. The van der Waals surface area contributed by atoms with Crippen molar-refractivity contribution in [2.75, 3.05) is 135 Å². The molecule has 0 aliphatic carbocycles. The Hall–Kier alpha value is -3.66. The lowest BCUT2D eigenvalue weighted by molar-refractivity contribution is -0.155. The van der Waals surface area contributed by atoms with Crippen LogP contribution in [-0.4, -0.2) is 198 Å². The van der Waals surface area contributed by atoms with E-state index in [2.05, 4.69) is 18.7 Å². The minimum atomic E-state index is -0.455. The largest absolute Gasteiger partial charge is 0.462 e. The van der Waals surface area contributed by atoms with Crippen LogP contribution in [0.5, 0.6) is 0 Å². The molecule has 0 amide bonds. The maximum atomic E-state index is 13.0. The number of carbonyl (C=O) groups is 8. The van der Waals surface area contributed by atoms with Crippen LogP contribution in [0, 0.1) is 23.7 Å². The summed E-state index contributed by atoms with van der Waals surface area (Å²) in [6.07, 6.45) is 28.7. The molecule has 0 aliphatic rings. The van der Waals surface area contributed by atoms with E-state index in [0.717, 1.165) is 24.3 Å². The third-order valence-electron chi connectivity index (χ3n) is 15.8. The van der Waals surface area contributed by atoms with Crippen molar-refractivity contribution in [2.45, 2.75) is 235 Å². The number of unbranched alkanes of at least 4 members (excludes halogenated alkanes) is 18. The molecule has 90 heavy (non-hydrogen) atoms. The molecule has 0 fully saturated rings. The fourth-order valence-electron chi connectivity index (χ4n) is 9.33. The SMILES string of the molecule is CCCCCCCCCCCCSCC(C)C(=O)OCCOC(=O)CCN(CCCN(C)CCCN(CCC(=O)OCCOC(=O)C(C)CC)CCC(=O)OCCOC(=O)C(C)CC)CCC(=O)OCCOC(=O)C(C)CSCCCCCCCCCCCC. The van der Waals surface area contributed by atoms with Gasteiger partial charge in [-0.3, -0.25) is 38.4 Å². The quantitative estimate of drug-likeness (QED) is 0.0314. The second-order valence-electron chi connectivity index (χ2n) is 24.2. The van der Waals surface area contributed by atoms with E-state index in [4.69, 9.17) is 37.9 Å². The topological polar surface area (TPSA) is 220 Å². The Bertz CT molecular complexity index is 1720. The van der Waals surface area contributed by atoms with Gasteiger partial charge in [-0.05, 0) is 83.3 Å². The second-order valence-corrected chi connectivity index (χ2v) is 26.5. The summed E-state index contributed by atoms with van der Waals surface area (Å²) in [6.45, 7) is 19.0. The van der Waals surface area contributed by atoms with Gasteiger partial charge in [0, 0.05) is 37.7 Å². The van der Waals surface area contributed by atoms with E-state index in [9.17, 15) is 38.4 Å². The van der Waals surface area contributed by atoms with Crippen LogP contribution in [0.2, 0.25) is 0 Å². The lowest BCUT2D eigenvalue weighted by Gasteiger charge is -2.25. The molecule has 0 radical (unpaired) electrons. The number of ether oxygens (including phenoxy) is 8. The first-order valence-corrected chi connectivity index (χ1v) is 37.4. The summed E-state index contributed by atoms with van der Waals surface area (Å²) >= 11 is 3.55. The van der Waals surface area contributed by atoms with Gasteiger partial charge in [-0.2, -0.15) is 23.5 Å². The number of thioether (sulfide) groups is 2. The molecular formula is C69H127N3O16S2. The Morgan fingerprint density at radius 1 is 0.300 bits per heavy atom. The van der Waals surface area contributed by atoms with Crippen LogP contribution in [-0.2, 0) is 76.3 Å². The third kappa shape index (κ3) is 53.8. The first-order chi connectivity index (χ1) is 43.5. The van der Waals surface area contributed by atoms with Crippen molar-refractivity contribution >= 4 is 71.3 Å². The minimum Gasteiger partial charge on any atom is -0.462 e. The zero-order valence-electron chi connectivity index (χ0n) is 57.9. The maximum absolute atomic E-state index is 13.0. The van der Waals surface area contributed by atoms with Gasteiger partial charge in [0.05, 0.1) is 49.4 Å². The molecule has 4 atom stereocenters. The zero-order valence-corrected chi connectivity index (χ0v) is 59.6. The molecule has 0 aliphatic heterocycles. The van der Waals surface area contributed by atoms with Gasteiger partial charge in [0.1, 0.15) is 52.9 Å². The van der Waals surface area contributed by atoms with E-state index < -0.39 is 23.9 Å². The fourth-order valence-corrected chi connectivity index (χ4v) is 11.5. The summed E-state index contributed by atoms with van der Waals surface area (Å²) in [5, 5.41) is 0. The Morgan fingerprint density at radius 2 is 0.544 bits per heavy atom. The van der Waals surface area contributed by atoms with Crippen LogP contribution in [0.4, 0.5) is 0 Å². The van der Waals surface area contributed by atoms with Crippen molar-refractivity contribution in [2.24, 2.45) is 23.7 Å². The lowest BCUT2D eigenvalue weighted by atomic mass is 10.1. The predicted molar refractivity (Wildman–Crippen MR) is 361 cm³/mol. The standard InChI is InChI=1S/C69H127N3O16S2/c1-10-14-16-18-20-22-24-26-28-30-54-89-56-60(7)68(79)87-52-48-83-64(75)36-44-72(45-37-65(76)84-49-53-88-69(80)61(8)57-90-55-31-29-27-25-23-21-19-17-15-11-2)41-33-39-70(9)38-32-40-71(42-34-62(73)81-46-50-85-66(77)58(5)12-3)43-35-63(74)82-47-51-86-67(78)59(6)13-4/h58-61H,10-57H2,1-9H3. The highest BCUT2D eigenvalue weighted by Crippen LogP contribution is 2.18. The van der Waals surface area contributed by atoms with Crippen LogP contribution in [0.25, 0.3) is 0 Å². The average Bonchev–Trinajstić information content (AvgIpc) is 3.66. The monoisotopic (exact) mass is 1320 g/mol. The highest BCUT2D eigenvalue weighted by molar-refractivity contribution is 7.99. The third-order valence-corrected chi connectivity index (χ3v) is 18.4. The maximum Gasteiger partial charge on any atom is 0.309 e. The Balaban J connectivity index is 5.28. The molecule has 0 N–H and O–H groups in total. The van der Waals surface area contributed by atoms with Gasteiger partial charge in [-0.25, -0.2) is 0 Å². The van der Waals surface area contributed by atoms with E-state index in [1.807, 2.05) is 44.5 Å². The molecular weight excluding hydrogens is 1190 g/mol. The van der Waals surface area contributed by atoms with Crippen molar-refractivity contribution in [3.63, 3.8) is 0 Å². The van der Waals surface area contributed by atoms with Gasteiger partial charge >= 0.3 is 47.8 Å². The van der Waals surface area contributed by atoms with Crippen molar-refractivity contribution in [3.8, 4) is 0 Å². The molecule has 0 bridgehead atoms. The summed E-state index contributed by atoms with van der Waals surface area (Å²) in [4.78, 5) is 107. The second kappa shape index (κ2) is 61.5. The summed E-state index contributed by atoms with van der Waals surface area (Å²) in [6, 6.07) is 0. The number of nitrogens with zero attached hydrogens (tertiary/aromatic N) is 3. The molecule has 0 heterocycles. The minimum absolute atomic E-state index is 0.0271. The smallest absolute Gasteiger partial charge is 0.309 e. The van der Waals surface area contributed by atoms with Crippen molar-refractivity contribution in [1.29, 1.82) is 0 Å². The molecule has 0 spiro atoms. The van der Waals surface area contributed by atoms with E-state index in [1.165, 1.54) is 116 Å². The molecule has 19 nitrogen and oxygen atoms in total. The van der Waals surface area contributed by atoms with Crippen LogP contribution >= 0.6 is 23.5 Å². The molecule has 4 unspecified atom stereocenters. The molecule has 0 aromatic rings. The number of carbonyl (C=O) groups excluding carboxylic acids is 8. The number of hydrogen-bond acceptors (Lipinski definition) is 21. The lowest BCUT2D eigenvalue weighted by Crippen LogP contribution is -2.34. The van der Waals surface area contributed by atoms with Crippen molar-refractivity contribution in [1.82, 2.24) is 14.7 Å². The number of esters is 8. The normalized spacial score (nSPS) is 12.8. The van der Waals surface area contributed by atoms with Crippen LogP contribution in [0.1, 0.15) is 235 Å². The highest BCUT2D eigenvalue weighted by atomic mass is 32.2. The predicted octanol–water partition coefficient (Wildman–Crippen LogP) is 12.9. The molecule has 0 rings (SSSR count). The molecule has 0 aromatic heterocycles. The fraction of sp³-hybridized carbons (Fsp3) is 0.884. The summed E-state index contributed by atoms with van der Waals surface area (Å²) in [5.74, 6) is -0.689. The van der Waals surface area contributed by atoms with E-state index in [0.29, 0.717) is 89.5 Å². The van der Waals surface area contributed by atoms with Gasteiger partial charge in [0.25, 0.3) is 0 Å². The highest BCUT2D eigenvalue weighted by Gasteiger charge is 2.20. The number of rotatable bonds is 64. The molecule has 0 aromatic carbocycles. The van der Waals surface area contributed by atoms with Crippen LogP contribution < -0.4 is 0 Å². The summed E-state index contributed by atoms with van der Waals surface area (Å²) in [5.41, 5.74) is 0.